The maximum Gasteiger partial charge on any atom is 0.416 e. The monoisotopic (exact) mass is 416 g/mol. The number of tetrazole rings is 1. The number of alkyl halides is 3. The lowest BCUT2D eigenvalue weighted by Crippen LogP contribution is -2.46. The summed E-state index contributed by atoms with van der Waals surface area (Å²) < 4.78 is 40.7. The Balaban J connectivity index is 1.32. The van der Waals surface area contributed by atoms with Crippen molar-refractivity contribution >= 4 is 5.69 Å². The molecule has 1 aliphatic rings. The van der Waals surface area contributed by atoms with Gasteiger partial charge in [-0.05, 0) is 40.6 Å². The number of anilines is 1. The zero-order valence-electron chi connectivity index (χ0n) is 16.5. The van der Waals surface area contributed by atoms with Crippen molar-refractivity contribution in [2.75, 3.05) is 31.1 Å². The fraction of sp³-hybridized carbons (Fsp3) is 0.381. The quantitative estimate of drug-likeness (QED) is 0.618. The van der Waals surface area contributed by atoms with Gasteiger partial charge in [-0.25, -0.2) is 4.68 Å². The van der Waals surface area contributed by atoms with Crippen LogP contribution in [0.5, 0.6) is 0 Å². The van der Waals surface area contributed by atoms with Crippen LogP contribution in [-0.2, 0) is 25.7 Å². The Bertz CT molecular complexity index is 949. The first kappa shape index (κ1) is 20.3. The summed E-state index contributed by atoms with van der Waals surface area (Å²) in [5, 5.41) is 12.1. The van der Waals surface area contributed by atoms with Crippen LogP contribution in [0, 0.1) is 0 Å². The van der Waals surface area contributed by atoms with E-state index in [1.807, 2.05) is 27.8 Å². The second-order valence-electron chi connectivity index (χ2n) is 7.37. The normalized spacial score (nSPS) is 15.5. The number of aryl methyl sites for hydroxylation is 2. The molecule has 2 heterocycles. The van der Waals surface area contributed by atoms with Crippen molar-refractivity contribution < 1.29 is 13.2 Å². The van der Waals surface area contributed by atoms with Crippen molar-refractivity contribution in [3.8, 4) is 0 Å². The van der Waals surface area contributed by atoms with Crippen molar-refractivity contribution in [3.63, 3.8) is 0 Å². The van der Waals surface area contributed by atoms with Crippen LogP contribution >= 0.6 is 0 Å². The summed E-state index contributed by atoms with van der Waals surface area (Å²) in [6.45, 7) is 4.12. The first-order valence-electron chi connectivity index (χ1n) is 9.92. The van der Waals surface area contributed by atoms with E-state index in [1.54, 1.807) is 6.07 Å². The van der Waals surface area contributed by atoms with E-state index in [-0.39, 0.29) is 0 Å². The third-order valence-corrected chi connectivity index (χ3v) is 5.34. The van der Waals surface area contributed by atoms with E-state index < -0.39 is 11.7 Å². The van der Waals surface area contributed by atoms with E-state index in [4.69, 9.17) is 0 Å². The van der Waals surface area contributed by atoms with Gasteiger partial charge in [0.15, 0.2) is 5.82 Å². The molecule has 0 bridgehead atoms. The maximum atomic E-state index is 13.0. The van der Waals surface area contributed by atoms with Crippen molar-refractivity contribution in [1.29, 1.82) is 0 Å². The van der Waals surface area contributed by atoms with Crippen LogP contribution in [0.4, 0.5) is 18.9 Å². The second-order valence-corrected chi connectivity index (χ2v) is 7.37. The topological polar surface area (TPSA) is 50.1 Å². The van der Waals surface area contributed by atoms with Crippen LogP contribution in [0.2, 0.25) is 0 Å². The van der Waals surface area contributed by atoms with Crippen LogP contribution in [-0.4, -0.2) is 51.3 Å². The van der Waals surface area contributed by atoms with Crippen molar-refractivity contribution in [3.05, 3.63) is 71.5 Å². The Morgan fingerprint density at radius 3 is 2.40 bits per heavy atom. The highest BCUT2D eigenvalue weighted by Gasteiger charge is 2.31. The number of halogens is 3. The number of aromatic nitrogens is 4. The van der Waals surface area contributed by atoms with Crippen molar-refractivity contribution in [1.82, 2.24) is 25.1 Å². The number of hydrogen-bond acceptors (Lipinski definition) is 5. The molecule has 158 valence electrons. The largest absolute Gasteiger partial charge is 0.416 e. The summed E-state index contributed by atoms with van der Waals surface area (Å²) in [6, 6.07) is 15.7. The Morgan fingerprint density at radius 1 is 0.900 bits per heavy atom. The van der Waals surface area contributed by atoms with Gasteiger partial charge in [-0.3, -0.25) is 4.90 Å². The third kappa shape index (κ3) is 4.96. The summed E-state index contributed by atoms with van der Waals surface area (Å²) in [5.41, 5.74) is 1.23. The first-order valence-corrected chi connectivity index (χ1v) is 9.92. The highest BCUT2D eigenvalue weighted by atomic mass is 19.4. The second kappa shape index (κ2) is 8.83. The number of rotatable bonds is 6. The molecule has 1 aromatic heterocycles. The van der Waals surface area contributed by atoms with Gasteiger partial charge in [-0.1, -0.05) is 36.4 Å². The Hall–Kier alpha value is -2.94. The predicted octanol–water partition coefficient (Wildman–Crippen LogP) is 3.26. The van der Waals surface area contributed by atoms with E-state index in [2.05, 4.69) is 32.6 Å². The number of hydrogen-bond donors (Lipinski definition) is 0. The van der Waals surface area contributed by atoms with E-state index in [0.717, 1.165) is 31.4 Å². The van der Waals surface area contributed by atoms with Crippen molar-refractivity contribution in [2.24, 2.45) is 0 Å². The van der Waals surface area contributed by atoms with Crippen LogP contribution < -0.4 is 4.90 Å². The average Bonchev–Trinajstić information content (AvgIpc) is 3.20. The standard InChI is InChI=1S/C21H23F3N6/c22-21(23,24)18-7-4-8-19(15-18)29-13-11-28(12-14-29)16-20-25-26-27-30(20)10-9-17-5-2-1-3-6-17/h1-8,15H,9-14,16H2. The zero-order chi connectivity index (χ0) is 21.0. The van der Waals surface area contributed by atoms with E-state index in [1.165, 1.54) is 17.7 Å². The molecule has 0 N–H and O–H groups in total. The smallest absolute Gasteiger partial charge is 0.369 e. The minimum Gasteiger partial charge on any atom is -0.369 e. The first-order chi connectivity index (χ1) is 14.5. The lowest BCUT2D eigenvalue weighted by atomic mass is 10.1. The molecule has 0 saturated carbocycles. The van der Waals surface area contributed by atoms with E-state index in [0.29, 0.717) is 31.9 Å². The molecule has 9 heteroatoms. The molecule has 0 unspecified atom stereocenters. The van der Waals surface area contributed by atoms with Gasteiger partial charge in [0.2, 0.25) is 0 Å². The van der Waals surface area contributed by atoms with E-state index in [9.17, 15) is 13.2 Å². The predicted molar refractivity (Wildman–Crippen MR) is 107 cm³/mol. The van der Waals surface area contributed by atoms with E-state index >= 15 is 0 Å². The fourth-order valence-electron chi connectivity index (χ4n) is 3.63. The SMILES string of the molecule is FC(F)(F)c1cccc(N2CCN(Cc3nnnn3CCc3ccccc3)CC2)c1. The summed E-state index contributed by atoms with van der Waals surface area (Å²) in [6.07, 6.45) is -3.48. The van der Waals surface area contributed by atoms with Crippen molar-refractivity contribution in [2.45, 2.75) is 25.7 Å². The van der Waals surface area contributed by atoms with Gasteiger partial charge in [0.1, 0.15) is 0 Å². The van der Waals surface area contributed by atoms with Crippen LogP contribution in [0.15, 0.2) is 54.6 Å². The van der Waals surface area contributed by atoms with Gasteiger partial charge in [-0.2, -0.15) is 13.2 Å². The Morgan fingerprint density at radius 2 is 1.67 bits per heavy atom. The summed E-state index contributed by atoms with van der Waals surface area (Å²) in [4.78, 5) is 4.22. The molecule has 6 nitrogen and oxygen atoms in total. The molecule has 0 amide bonds. The molecule has 0 spiro atoms. The summed E-state index contributed by atoms with van der Waals surface area (Å²) in [7, 11) is 0. The molecule has 3 aromatic rings. The molecular formula is C21H23F3N6. The minimum absolute atomic E-state index is 0.608. The Kier molecular flexibility index (Phi) is 5.98. The van der Waals surface area contributed by atoms with Crippen LogP contribution in [0.25, 0.3) is 0 Å². The molecule has 0 radical (unpaired) electrons. The molecule has 0 aliphatic carbocycles. The minimum atomic E-state index is -4.32. The number of nitrogens with zero attached hydrogens (tertiary/aromatic N) is 6. The van der Waals surface area contributed by atoms with Gasteiger partial charge in [0.05, 0.1) is 12.1 Å². The lowest BCUT2D eigenvalue weighted by Gasteiger charge is -2.36. The molecule has 1 aliphatic heterocycles. The van der Waals surface area contributed by atoms with Gasteiger partial charge in [0.25, 0.3) is 0 Å². The summed E-state index contributed by atoms with van der Waals surface area (Å²) in [5.74, 6) is 0.804. The van der Waals surface area contributed by atoms with Crippen LogP contribution in [0.3, 0.4) is 0 Å². The maximum absolute atomic E-state index is 13.0. The molecule has 1 saturated heterocycles. The number of piperazine rings is 1. The third-order valence-electron chi connectivity index (χ3n) is 5.34. The van der Waals surface area contributed by atoms with Gasteiger partial charge < -0.3 is 4.90 Å². The molecule has 30 heavy (non-hydrogen) atoms. The molecule has 2 aromatic carbocycles. The summed E-state index contributed by atoms with van der Waals surface area (Å²) >= 11 is 0. The lowest BCUT2D eigenvalue weighted by molar-refractivity contribution is -0.137. The van der Waals surface area contributed by atoms with Crippen LogP contribution in [0.1, 0.15) is 17.0 Å². The van der Waals surface area contributed by atoms with Gasteiger partial charge >= 0.3 is 6.18 Å². The highest BCUT2D eigenvalue weighted by molar-refractivity contribution is 5.49. The number of benzene rings is 2. The van der Waals surface area contributed by atoms with Gasteiger partial charge in [0, 0.05) is 38.4 Å². The highest BCUT2D eigenvalue weighted by Crippen LogP contribution is 2.31. The zero-order valence-corrected chi connectivity index (χ0v) is 16.5. The average molecular weight is 416 g/mol. The molecule has 4 rings (SSSR count). The molecule has 1 fully saturated rings. The van der Waals surface area contributed by atoms with Gasteiger partial charge in [-0.15, -0.1) is 5.10 Å². The molecular weight excluding hydrogens is 393 g/mol. The Labute approximate surface area is 172 Å². The fourth-order valence-corrected chi connectivity index (χ4v) is 3.63. The molecule has 0 atom stereocenters.